The summed E-state index contributed by atoms with van der Waals surface area (Å²) in [6.07, 6.45) is 0. The molecule has 2 aromatic carbocycles. The highest BCUT2D eigenvalue weighted by Crippen LogP contribution is 2.47. The van der Waals surface area contributed by atoms with Crippen LogP contribution in [0.2, 0.25) is 5.02 Å². The van der Waals surface area contributed by atoms with Crippen LogP contribution < -0.4 is 14.4 Å². The molecule has 1 aliphatic rings. The molecule has 1 N–H and O–H groups in total. The quantitative estimate of drug-likeness (QED) is 0.288. The summed E-state index contributed by atoms with van der Waals surface area (Å²) in [7, 11) is 2.90. The van der Waals surface area contributed by atoms with Gasteiger partial charge in [0.05, 0.1) is 30.4 Å². The number of halogens is 1. The minimum atomic E-state index is -0.795. The number of thiophene rings is 1. The molecule has 8 heteroatoms. The van der Waals surface area contributed by atoms with Gasteiger partial charge in [-0.3, -0.25) is 14.5 Å². The number of aryl methyl sites for hydroxylation is 2. The summed E-state index contributed by atoms with van der Waals surface area (Å²) in [5, 5.41) is 13.5. The zero-order valence-electron chi connectivity index (χ0n) is 18.5. The van der Waals surface area contributed by atoms with Gasteiger partial charge >= 0.3 is 0 Å². The van der Waals surface area contributed by atoms with E-state index in [0.717, 1.165) is 16.0 Å². The molecule has 6 nitrogen and oxygen atoms in total. The lowest BCUT2D eigenvalue weighted by molar-refractivity contribution is -0.132. The van der Waals surface area contributed by atoms with E-state index in [9.17, 15) is 14.7 Å². The molecule has 1 unspecified atom stereocenters. The Morgan fingerprint density at radius 2 is 1.73 bits per heavy atom. The molecule has 0 aliphatic carbocycles. The first kappa shape index (κ1) is 22.9. The first-order valence-corrected chi connectivity index (χ1v) is 11.4. The van der Waals surface area contributed by atoms with Crippen LogP contribution in [0.3, 0.4) is 0 Å². The monoisotopic (exact) mass is 483 g/mol. The third-order valence-electron chi connectivity index (χ3n) is 5.70. The third kappa shape index (κ3) is 3.77. The number of benzene rings is 2. The topological polar surface area (TPSA) is 76.1 Å². The molecule has 1 saturated heterocycles. The van der Waals surface area contributed by atoms with Gasteiger partial charge in [0, 0.05) is 16.6 Å². The molecule has 3 aromatic rings. The fraction of sp³-hybridized carbons (Fsp3) is 0.200. The Morgan fingerprint density at radius 3 is 2.33 bits per heavy atom. The number of hydrogen-bond donors (Lipinski definition) is 1. The fourth-order valence-electron chi connectivity index (χ4n) is 4.02. The molecule has 33 heavy (non-hydrogen) atoms. The summed E-state index contributed by atoms with van der Waals surface area (Å²) in [6, 6.07) is 11.5. The molecular formula is C25H22ClNO5S. The highest BCUT2D eigenvalue weighted by atomic mass is 35.5. The van der Waals surface area contributed by atoms with Crippen molar-refractivity contribution in [2.45, 2.75) is 19.9 Å². The zero-order chi connectivity index (χ0) is 23.9. The van der Waals surface area contributed by atoms with E-state index in [1.54, 1.807) is 6.07 Å². The number of amides is 1. The number of anilines is 1. The Morgan fingerprint density at radius 1 is 1.03 bits per heavy atom. The van der Waals surface area contributed by atoms with E-state index in [1.165, 1.54) is 42.6 Å². The van der Waals surface area contributed by atoms with Crippen LogP contribution in [0.25, 0.3) is 5.76 Å². The molecular weight excluding hydrogens is 462 g/mol. The molecule has 1 aliphatic heterocycles. The van der Waals surface area contributed by atoms with Crippen LogP contribution in [-0.4, -0.2) is 31.0 Å². The summed E-state index contributed by atoms with van der Waals surface area (Å²) in [6.45, 7) is 3.79. The molecule has 0 bridgehead atoms. The van der Waals surface area contributed by atoms with Gasteiger partial charge in [0.25, 0.3) is 11.7 Å². The summed E-state index contributed by atoms with van der Waals surface area (Å²) in [4.78, 5) is 28.9. The van der Waals surface area contributed by atoms with Crippen molar-refractivity contribution < 1.29 is 24.2 Å². The second-order valence-electron chi connectivity index (χ2n) is 7.61. The van der Waals surface area contributed by atoms with Crippen LogP contribution in [-0.2, 0) is 9.59 Å². The summed E-state index contributed by atoms with van der Waals surface area (Å²) in [5.74, 6) is -1.22. The summed E-state index contributed by atoms with van der Waals surface area (Å²) >= 11 is 7.73. The summed E-state index contributed by atoms with van der Waals surface area (Å²) in [5.41, 5.74) is 2.54. The van der Waals surface area contributed by atoms with Gasteiger partial charge in [0.2, 0.25) is 0 Å². The van der Waals surface area contributed by atoms with Gasteiger partial charge in [0.15, 0.2) is 0 Å². The number of aliphatic hydroxyl groups excluding tert-OH is 1. The van der Waals surface area contributed by atoms with Gasteiger partial charge in [-0.1, -0.05) is 29.8 Å². The Kier molecular flexibility index (Phi) is 6.19. The molecule has 170 valence electrons. The average Bonchev–Trinajstić information content (AvgIpc) is 3.34. The van der Waals surface area contributed by atoms with Gasteiger partial charge < -0.3 is 14.6 Å². The molecule has 1 atom stereocenters. The lowest BCUT2D eigenvalue weighted by Crippen LogP contribution is -2.30. The molecule has 1 amide bonds. The number of hydrogen-bond acceptors (Lipinski definition) is 6. The van der Waals surface area contributed by atoms with Crippen molar-refractivity contribution in [1.29, 1.82) is 0 Å². The number of rotatable bonds is 5. The third-order valence-corrected chi connectivity index (χ3v) is 7.07. The smallest absolute Gasteiger partial charge is 0.300 e. The molecule has 0 spiro atoms. The molecule has 0 saturated carbocycles. The second kappa shape index (κ2) is 8.92. The first-order chi connectivity index (χ1) is 15.8. The second-order valence-corrected chi connectivity index (χ2v) is 8.97. The fourth-order valence-corrected chi connectivity index (χ4v) is 5.28. The predicted octanol–water partition coefficient (Wildman–Crippen LogP) is 5.66. The maximum atomic E-state index is 13.3. The van der Waals surface area contributed by atoms with E-state index in [4.69, 9.17) is 21.1 Å². The number of ether oxygens (including phenoxy) is 2. The molecule has 4 rings (SSSR count). The van der Waals surface area contributed by atoms with Crippen LogP contribution in [0, 0.1) is 13.8 Å². The van der Waals surface area contributed by atoms with E-state index in [1.807, 2.05) is 43.5 Å². The standard InChI is InChI=1S/C25H22ClNO5S/c1-13-7-5-6-8-17(13)27-21(24-14(2)9-10-33-24)20(23(29)25(27)30)22(28)15-11-16(26)19(32-4)12-18(15)31-3/h5-12,21,28H,1-4H3/b22-20+. The Bertz CT molecular complexity index is 1300. The number of aliphatic hydroxyl groups is 1. The van der Waals surface area contributed by atoms with Gasteiger partial charge in [0.1, 0.15) is 23.3 Å². The number of carbonyl (C=O) groups excluding carboxylic acids is 2. The Hall–Kier alpha value is -3.29. The zero-order valence-corrected chi connectivity index (χ0v) is 20.1. The molecule has 1 fully saturated rings. The minimum absolute atomic E-state index is 0.0201. The van der Waals surface area contributed by atoms with Crippen molar-refractivity contribution in [3.05, 3.63) is 80.0 Å². The van der Waals surface area contributed by atoms with Gasteiger partial charge in [-0.15, -0.1) is 11.3 Å². The maximum absolute atomic E-state index is 13.3. The molecule has 0 radical (unpaired) electrons. The van der Waals surface area contributed by atoms with E-state index in [0.29, 0.717) is 11.4 Å². The predicted molar refractivity (Wildman–Crippen MR) is 130 cm³/mol. The maximum Gasteiger partial charge on any atom is 0.300 e. The van der Waals surface area contributed by atoms with Crippen molar-refractivity contribution >= 4 is 46.1 Å². The van der Waals surface area contributed by atoms with Crippen LogP contribution in [0.15, 0.2) is 53.4 Å². The normalized spacial score (nSPS) is 17.5. The SMILES string of the molecule is COc1cc(OC)c(/C(O)=C2\C(=O)C(=O)N(c3ccccc3C)C2c2sccc2C)cc1Cl. The number of Topliss-reactive ketones (excluding diaryl/α,β-unsaturated/α-hetero) is 1. The lowest BCUT2D eigenvalue weighted by Gasteiger charge is -2.26. The van der Waals surface area contributed by atoms with Crippen molar-refractivity contribution in [3.8, 4) is 11.5 Å². The largest absolute Gasteiger partial charge is 0.507 e. The Balaban J connectivity index is 2.01. The van der Waals surface area contributed by atoms with E-state index < -0.39 is 17.7 Å². The average molecular weight is 484 g/mol. The van der Waals surface area contributed by atoms with Crippen molar-refractivity contribution in [2.75, 3.05) is 19.1 Å². The van der Waals surface area contributed by atoms with Crippen LogP contribution in [0.4, 0.5) is 5.69 Å². The van der Waals surface area contributed by atoms with Crippen LogP contribution in [0.5, 0.6) is 11.5 Å². The van der Waals surface area contributed by atoms with Crippen LogP contribution in [0.1, 0.15) is 27.6 Å². The minimum Gasteiger partial charge on any atom is -0.507 e. The van der Waals surface area contributed by atoms with Gasteiger partial charge in [-0.05, 0) is 48.6 Å². The number of ketones is 1. The van der Waals surface area contributed by atoms with Crippen molar-refractivity contribution in [3.63, 3.8) is 0 Å². The molecule has 1 aromatic heterocycles. The number of nitrogens with zero attached hydrogens (tertiary/aromatic N) is 1. The van der Waals surface area contributed by atoms with Crippen molar-refractivity contribution in [1.82, 2.24) is 0 Å². The lowest BCUT2D eigenvalue weighted by atomic mass is 9.97. The van der Waals surface area contributed by atoms with E-state index in [2.05, 4.69) is 0 Å². The first-order valence-electron chi connectivity index (χ1n) is 10.1. The van der Waals surface area contributed by atoms with E-state index >= 15 is 0 Å². The van der Waals surface area contributed by atoms with Crippen molar-refractivity contribution in [2.24, 2.45) is 0 Å². The summed E-state index contributed by atoms with van der Waals surface area (Å²) < 4.78 is 10.7. The van der Waals surface area contributed by atoms with Gasteiger partial charge in [-0.2, -0.15) is 0 Å². The Labute approximate surface area is 200 Å². The highest BCUT2D eigenvalue weighted by Gasteiger charge is 2.48. The number of carbonyl (C=O) groups is 2. The van der Waals surface area contributed by atoms with Gasteiger partial charge in [-0.25, -0.2) is 0 Å². The van der Waals surface area contributed by atoms with E-state index in [-0.39, 0.29) is 27.7 Å². The highest BCUT2D eigenvalue weighted by molar-refractivity contribution is 7.10. The van der Waals surface area contributed by atoms with Crippen LogP contribution >= 0.6 is 22.9 Å². The number of para-hydroxylation sites is 1. The number of methoxy groups -OCH3 is 2. The molecule has 2 heterocycles.